The number of hydrogen-bond donors (Lipinski definition) is 1. The summed E-state index contributed by atoms with van der Waals surface area (Å²) >= 11 is 5.66. The summed E-state index contributed by atoms with van der Waals surface area (Å²) in [7, 11) is 0. The van der Waals surface area contributed by atoms with Gasteiger partial charge in [0.25, 0.3) is 5.69 Å². The second-order valence-corrected chi connectivity index (χ2v) is 5.75. The van der Waals surface area contributed by atoms with E-state index in [2.05, 4.69) is 5.32 Å². The number of halogens is 2. The smallest absolute Gasteiger partial charge is 0.270 e. The summed E-state index contributed by atoms with van der Waals surface area (Å²) in [6.45, 7) is 0.198. The van der Waals surface area contributed by atoms with Gasteiger partial charge in [-0.25, -0.2) is 4.39 Å². The molecule has 1 amide bonds. The number of nitro benzene ring substituents is 1. The summed E-state index contributed by atoms with van der Waals surface area (Å²) in [5.41, 5.74) is 1.08. The van der Waals surface area contributed by atoms with Crippen molar-refractivity contribution in [2.75, 3.05) is 12.1 Å². The van der Waals surface area contributed by atoms with E-state index in [9.17, 15) is 19.3 Å². The van der Waals surface area contributed by atoms with Crippen molar-refractivity contribution >= 4 is 35.0 Å². The SMILES string of the molecule is O=C(C=Cc1cc([N+](=O)[O-])cc2c1OCOC2)Nc1ccc(F)c(Cl)c1. The molecule has 0 bridgehead atoms. The summed E-state index contributed by atoms with van der Waals surface area (Å²) in [6.07, 6.45) is 2.59. The van der Waals surface area contributed by atoms with Crippen LogP contribution in [0.25, 0.3) is 6.08 Å². The van der Waals surface area contributed by atoms with Gasteiger partial charge in [-0.3, -0.25) is 14.9 Å². The van der Waals surface area contributed by atoms with Crippen LogP contribution in [0.2, 0.25) is 5.02 Å². The van der Waals surface area contributed by atoms with Crippen LogP contribution in [-0.4, -0.2) is 17.6 Å². The molecule has 0 saturated carbocycles. The van der Waals surface area contributed by atoms with E-state index >= 15 is 0 Å². The minimum absolute atomic E-state index is 0.0198. The van der Waals surface area contributed by atoms with Crippen LogP contribution in [0.1, 0.15) is 11.1 Å². The Morgan fingerprint density at radius 2 is 2.15 bits per heavy atom. The van der Waals surface area contributed by atoms with Crippen molar-refractivity contribution in [1.29, 1.82) is 0 Å². The van der Waals surface area contributed by atoms with E-state index in [1.165, 1.54) is 36.4 Å². The van der Waals surface area contributed by atoms with Gasteiger partial charge in [0, 0.05) is 35.0 Å². The van der Waals surface area contributed by atoms with E-state index < -0.39 is 16.6 Å². The summed E-state index contributed by atoms with van der Waals surface area (Å²) in [5.74, 6) is -0.682. The maximum Gasteiger partial charge on any atom is 0.270 e. The number of carbonyl (C=O) groups is 1. The Balaban J connectivity index is 1.82. The number of carbonyl (C=O) groups excluding carboxylic acids is 1. The van der Waals surface area contributed by atoms with Crippen LogP contribution in [0.3, 0.4) is 0 Å². The lowest BCUT2D eigenvalue weighted by Crippen LogP contribution is -2.13. The molecule has 0 atom stereocenters. The number of fused-ring (bicyclic) bond motifs is 1. The Labute approximate surface area is 152 Å². The predicted octanol–water partition coefficient (Wildman–Crippen LogP) is 3.91. The number of nitrogens with zero attached hydrogens (tertiary/aromatic N) is 1. The van der Waals surface area contributed by atoms with Crippen molar-refractivity contribution in [2.24, 2.45) is 0 Å². The number of benzene rings is 2. The zero-order valence-electron chi connectivity index (χ0n) is 13.2. The highest BCUT2D eigenvalue weighted by atomic mass is 35.5. The largest absolute Gasteiger partial charge is 0.467 e. The molecule has 1 aliphatic rings. The number of nitro groups is 1. The van der Waals surface area contributed by atoms with Crippen molar-refractivity contribution in [3.8, 4) is 5.75 Å². The van der Waals surface area contributed by atoms with Gasteiger partial charge < -0.3 is 14.8 Å². The predicted molar refractivity (Wildman–Crippen MR) is 92.5 cm³/mol. The molecule has 3 rings (SSSR count). The average Bonchev–Trinajstić information content (AvgIpc) is 2.62. The molecule has 1 N–H and O–H groups in total. The topological polar surface area (TPSA) is 90.7 Å². The quantitative estimate of drug-likeness (QED) is 0.495. The van der Waals surface area contributed by atoms with Crippen LogP contribution in [0.4, 0.5) is 15.8 Å². The Morgan fingerprint density at radius 3 is 2.88 bits per heavy atom. The molecule has 2 aromatic carbocycles. The lowest BCUT2D eigenvalue weighted by molar-refractivity contribution is -0.385. The van der Waals surface area contributed by atoms with E-state index in [0.717, 1.165) is 6.07 Å². The highest BCUT2D eigenvalue weighted by Crippen LogP contribution is 2.33. The van der Waals surface area contributed by atoms with Crippen LogP contribution >= 0.6 is 11.6 Å². The fourth-order valence-electron chi connectivity index (χ4n) is 2.38. The second kappa shape index (κ2) is 7.51. The summed E-state index contributed by atoms with van der Waals surface area (Å²) in [5, 5.41) is 13.5. The van der Waals surface area contributed by atoms with Gasteiger partial charge in [-0.05, 0) is 24.3 Å². The minimum Gasteiger partial charge on any atom is -0.467 e. The normalized spacial score (nSPS) is 13.2. The first kappa shape index (κ1) is 17.8. The zero-order chi connectivity index (χ0) is 18.7. The van der Waals surface area contributed by atoms with Gasteiger partial charge in [0.1, 0.15) is 11.6 Å². The monoisotopic (exact) mass is 378 g/mol. The van der Waals surface area contributed by atoms with Crippen molar-refractivity contribution in [2.45, 2.75) is 6.61 Å². The molecule has 9 heteroatoms. The van der Waals surface area contributed by atoms with E-state index in [0.29, 0.717) is 22.6 Å². The first-order valence-electron chi connectivity index (χ1n) is 7.40. The molecule has 134 valence electrons. The van der Waals surface area contributed by atoms with Gasteiger partial charge in [-0.1, -0.05) is 11.6 Å². The fraction of sp³-hybridized carbons (Fsp3) is 0.118. The van der Waals surface area contributed by atoms with E-state index in [1.54, 1.807) is 0 Å². The third kappa shape index (κ3) is 3.98. The van der Waals surface area contributed by atoms with Crippen LogP contribution in [0.5, 0.6) is 5.75 Å². The highest BCUT2D eigenvalue weighted by molar-refractivity contribution is 6.31. The Bertz CT molecular complexity index is 916. The molecule has 2 aromatic rings. The highest BCUT2D eigenvalue weighted by Gasteiger charge is 2.19. The Kier molecular flexibility index (Phi) is 5.15. The lowest BCUT2D eigenvalue weighted by Gasteiger charge is -2.19. The van der Waals surface area contributed by atoms with Gasteiger partial charge in [0.15, 0.2) is 6.79 Å². The number of rotatable bonds is 4. The van der Waals surface area contributed by atoms with E-state index in [-0.39, 0.29) is 24.1 Å². The lowest BCUT2D eigenvalue weighted by atomic mass is 10.1. The van der Waals surface area contributed by atoms with E-state index in [4.69, 9.17) is 21.1 Å². The summed E-state index contributed by atoms with van der Waals surface area (Å²) < 4.78 is 23.6. The van der Waals surface area contributed by atoms with Gasteiger partial charge in [0.05, 0.1) is 16.6 Å². The maximum atomic E-state index is 13.1. The number of anilines is 1. The maximum absolute atomic E-state index is 13.1. The first-order valence-corrected chi connectivity index (χ1v) is 7.78. The molecule has 0 aliphatic carbocycles. The standard InChI is InChI=1S/C17H12ClFN2O5/c18-14-7-12(2-3-15(14)19)20-16(22)4-1-10-5-13(21(23)24)6-11-8-25-9-26-17(10)11/h1-7H,8-9H2,(H,20,22). The van der Waals surface area contributed by atoms with Crippen molar-refractivity contribution in [3.63, 3.8) is 0 Å². The number of nitrogens with one attached hydrogen (secondary N) is 1. The van der Waals surface area contributed by atoms with Crippen LogP contribution in [0.15, 0.2) is 36.4 Å². The summed E-state index contributed by atoms with van der Waals surface area (Å²) in [6, 6.07) is 6.45. The molecular weight excluding hydrogens is 367 g/mol. The summed E-state index contributed by atoms with van der Waals surface area (Å²) in [4.78, 5) is 22.6. The van der Waals surface area contributed by atoms with Gasteiger partial charge in [-0.2, -0.15) is 0 Å². The third-order valence-corrected chi connectivity index (χ3v) is 3.83. The molecule has 1 aliphatic heterocycles. The number of ether oxygens (including phenoxy) is 2. The minimum atomic E-state index is -0.595. The number of non-ortho nitro benzene ring substituents is 1. The third-order valence-electron chi connectivity index (χ3n) is 3.54. The Morgan fingerprint density at radius 1 is 1.35 bits per heavy atom. The number of amides is 1. The number of hydrogen-bond acceptors (Lipinski definition) is 5. The van der Waals surface area contributed by atoms with E-state index in [1.807, 2.05) is 0 Å². The Hall–Kier alpha value is -2.97. The van der Waals surface area contributed by atoms with Gasteiger partial charge in [-0.15, -0.1) is 0 Å². The molecule has 26 heavy (non-hydrogen) atoms. The molecule has 0 saturated heterocycles. The van der Waals surface area contributed by atoms with Gasteiger partial charge >= 0.3 is 0 Å². The molecular formula is C17H12ClFN2O5. The molecule has 0 unspecified atom stereocenters. The molecule has 0 spiro atoms. The first-order chi connectivity index (χ1) is 12.4. The average molecular weight is 379 g/mol. The van der Waals surface area contributed by atoms with Crippen molar-refractivity contribution in [3.05, 3.63) is 68.5 Å². The molecule has 0 fully saturated rings. The van der Waals surface area contributed by atoms with Crippen molar-refractivity contribution in [1.82, 2.24) is 0 Å². The zero-order valence-corrected chi connectivity index (χ0v) is 14.0. The van der Waals surface area contributed by atoms with Crippen LogP contribution < -0.4 is 10.1 Å². The second-order valence-electron chi connectivity index (χ2n) is 5.34. The molecule has 7 nitrogen and oxygen atoms in total. The molecule has 0 radical (unpaired) electrons. The fourth-order valence-corrected chi connectivity index (χ4v) is 2.56. The van der Waals surface area contributed by atoms with Crippen molar-refractivity contribution < 1.29 is 23.6 Å². The molecule has 0 aromatic heterocycles. The van der Waals surface area contributed by atoms with Crippen LogP contribution in [-0.2, 0) is 16.1 Å². The molecule has 1 heterocycles. The van der Waals surface area contributed by atoms with Crippen LogP contribution in [0, 0.1) is 15.9 Å². The van der Waals surface area contributed by atoms with Gasteiger partial charge in [0.2, 0.25) is 5.91 Å².